The highest BCUT2D eigenvalue weighted by Gasteiger charge is 2.19. The lowest BCUT2D eigenvalue weighted by molar-refractivity contribution is -0.127. The van der Waals surface area contributed by atoms with Gasteiger partial charge in [-0.25, -0.2) is 0 Å². The standard InChI is InChI=1S/C15H30.C3H8O2.C2H6/c1-13(2)9-7-8-10-14(3)15-11-5-4-6-12-15;1-3(2,4)5;1-2/h13-15H,4-12H2,1-3H3;4-5H,1-2H3;1-2H3. The normalized spacial score (nSPS) is 17.2. The van der Waals surface area contributed by atoms with Crippen molar-refractivity contribution in [3.63, 3.8) is 0 Å². The molecular formula is C20H44O2. The Morgan fingerprint density at radius 1 is 0.864 bits per heavy atom. The first-order valence-corrected chi connectivity index (χ1v) is 9.65. The highest BCUT2D eigenvalue weighted by Crippen LogP contribution is 2.32. The zero-order valence-electron chi connectivity index (χ0n) is 16.5. The van der Waals surface area contributed by atoms with Crippen LogP contribution in [0.3, 0.4) is 0 Å². The van der Waals surface area contributed by atoms with Crippen LogP contribution in [0, 0.1) is 17.8 Å². The fraction of sp³-hybridized carbons (Fsp3) is 1.00. The van der Waals surface area contributed by atoms with Gasteiger partial charge < -0.3 is 10.2 Å². The second kappa shape index (κ2) is 14.5. The number of hydrogen-bond donors (Lipinski definition) is 2. The zero-order valence-corrected chi connectivity index (χ0v) is 16.5. The van der Waals surface area contributed by atoms with E-state index in [1.807, 2.05) is 13.8 Å². The largest absolute Gasteiger partial charge is 0.366 e. The molecule has 1 saturated carbocycles. The Hall–Kier alpha value is -0.0800. The Kier molecular flexibility index (Phi) is 15.9. The summed E-state index contributed by atoms with van der Waals surface area (Å²) in [6, 6.07) is 0. The summed E-state index contributed by atoms with van der Waals surface area (Å²) in [4.78, 5) is 0. The molecule has 0 heterocycles. The number of rotatable bonds is 6. The quantitative estimate of drug-likeness (QED) is 0.455. The molecule has 0 spiro atoms. The molecule has 2 N–H and O–H groups in total. The molecule has 0 aromatic heterocycles. The molecule has 136 valence electrons. The lowest BCUT2D eigenvalue weighted by Gasteiger charge is -2.27. The van der Waals surface area contributed by atoms with E-state index < -0.39 is 5.79 Å². The Bertz CT molecular complexity index is 206. The third kappa shape index (κ3) is 19.9. The minimum atomic E-state index is -1.50. The maximum Gasteiger partial charge on any atom is 0.156 e. The van der Waals surface area contributed by atoms with Crippen molar-refractivity contribution in [2.75, 3.05) is 0 Å². The molecule has 0 bridgehead atoms. The van der Waals surface area contributed by atoms with Crippen LogP contribution in [0.25, 0.3) is 0 Å². The van der Waals surface area contributed by atoms with Crippen molar-refractivity contribution >= 4 is 0 Å². The van der Waals surface area contributed by atoms with Gasteiger partial charge in [-0.15, -0.1) is 0 Å². The Morgan fingerprint density at radius 2 is 1.27 bits per heavy atom. The Balaban J connectivity index is 0. The highest BCUT2D eigenvalue weighted by atomic mass is 16.5. The molecule has 2 heteroatoms. The summed E-state index contributed by atoms with van der Waals surface area (Å²) in [6.45, 7) is 13.8. The second-order valence-electron chi connectivity index (χ2n) is 7.55. The number of hydrogen-bond acceptors (Lipinski definition) is 2. The fourth-order valence-electron chi connectivity index (χ4n) is 2.96. The molecule has 1 unspecified atom stereocenters. The minimum absolute atomic E-state index is 0.898. The van der Waals surface area contributed by atoms with Gasteiger partial charge >= 0.3 is 0 Å². The van der Waals surface area contributed by atoms with E-state index in [0.29, 0.717) is 0 Å². The molecule has 2 nitrogen and oxygen atoms in total. The van der Waals surface area contributed by atoms with Crippen LogP contribution in [0.15, 0.2) is 0 Å². The molecule has 1 atom stereocenters. The molecule has 1 aliphatic carbocycles. The number of aliphatic hydroxyl groups is 2. The van der Waals surface area contributed by atoms with Gasteiger partial charge in [-0.1, -0.05) is 92.4 Å². The highest BCUT2D eigenvalue weighted by molar-refractivity contribution is 4.71. The zero-order chi connectivity index (χ0) is 17.6. The van der Waals surface area contributed by atoms with E-state index in [4.69, 9.17) is 10.2 Å². The van der Waals surface area contributed by atoms with Gasteiger partial charge in [0.05, 0.1) is 0 Å². The van der Waals surface area contributed by atoms with Crippen LogP contribution in [0.2, 0.25) is 0 Å². The van der Waals surface area contributed by atoms with Crippen LogP contribution < -0.4 is 0 Å². The summed E-state index contributed by atoms with van der Waals surface area (Å²) in [7, 11) is 0. The van der Waals surface area contributed by atoms with Crippen LogP contribution in [0.4, 0.5) is 0 Å². The number of unbranched alkanes of at least 4 members (excludes halogenated alkanes) is 1. The summed E-state index contributed by atoms with van der Waals surface area (Å²) >= 11 is 0. The van der Waals surface area contributed by atoms with Crippen molar-refractivity contribution in [2.45, 2.75) is 112 Å². The monoisotopic (exact) mass is 316 g/mol. The van der Waals surface area contributed by atoms with Gasteiger partial charge in [-0.2, -0.15) is 0 Å². The van der Waals surface area contributed by atoms with Gasteiger partial charge in [0.25, 0.3) is 0 Å². The van der Waals surface area contributed by atoms with Gasteiger partial charge in [0, 0.05) is 0 Å². The summed E-state index contributed by atoms with van der Waals surface area (Å²) in [5, 5.41) is 16.2. The molecule has 22 heavy (non-hydrogen) atoms. The van der Waals surface area contributed by atoms with Crippen molar-refractivity contribution in [1.29, 1.82) is 0 Å². The van der Waals surface area contributed by atoms with Crippen LogP contribution in [-0.4, -0.2) is 16.0 Å². The first-order chi connectivity index (χ1) is 10.2. The predicted molar refractivity (Wildman–Crippen MR) is 98.9 cm³/mol. The molecule has 1 aliphatic rings. The predicted octanol–water partition coefficient (Wildman–Crippen LogP) is 6.15. The lowest BCUT2D eigenvalue weighted by atomic mass is 9.79. The topological polar surface area (TPSA) is 40.5 Å². The van der Waals surface area contributed by atoms with Crippen LogP contribution >= 0.6 is 0 Å². The van der Waals surface area contributed by atoms with Crippen molar-refractivity contribution in [2.24, 2.45) is 17.8 Å². The summed E-state index contributed by atoms with van der Waals surface area (Å²) in [5.41, 5.74) is 0. The van der Waals surface area contributed by atoms with Gasteiger partial charge in [0.15, 0.2) is 5.79 Å². The third-order valence-electron chi connectivity index (χ3n) is 4.15. The van der Waals surface area contributed by atoms with Crippen molar-refractivity contribution in [1.82, 2.24) is 0 Å². The van der Waals surface area contributed by atoms with Crippen LogP contribution in [-0.2, 0) is 0 Å². The van der Waals surface area contributed by atoms with Crippen molar-refractivity contribution in [3.05, 3.63) is 0 Å². The average Bonchev–Trinajstić information content (AvgIpc) is 2.44. The first-order valence-electron chi connectivity index (χ1n) is 9.65. The Labute approximate surface area is 140 Å². The molecule has 1 fully saturated rings. The van der Waals surface area contributed by atoms with E-state index >= 15 is 0 Å². The molecule has 0 aliphatic heterocycles. The molecule has 0 radical (unpaired) electrons. The molecular weight excluding hydrogens is 272 g/mol. The molecule has 0 saturated heterocycles. The van der Waals surface area contributed by atoms with E-state index in [9.17, 15) is 0 Å². The van der Waals surface area contributed by atoms with E-state index in [-0.39, 0.29) is 0 Å². The minimum Gasteiger partial charge on any atom is -0.366 e. The molecule has 0 amide bonds. The first kappa shape index (κ1) is 24.2. The Morgan fingerprint density at radius 3 is 1.68 bits per heavy atom. The molecule has 0 aromatic rings. The maximum absolute atomic E-state index is 8.08. The SMILES string of the molecule is CC.CC(C)(O)O.CC(C)CCCCC(C)C1CCCCC1. The second-order valence-corrected chi connectivity index (χ2v) is 7.55. The third-order valence-corrected chi connectivity index (χ3v) is 4.15. The summed E-state index contributed by atoms with van der Waals surface area (Å²) in [5.74, 6) is 1.46. The summed E-state index contributed by atoms with van der Waals surface area (Å²) < 4.78 is 0. The van der Waals surface area contributed by atoms with Gasteiger partial charge in [-0.3, -0.25) is 0 Å². The van der Waals surface area contributed by atoms with Gasteiger partial charge in [0.1, 0.15) is 0 Å². The molecule has 1 rings (SSSR count). The smallest absolute Gasteiger partial charge is 0.156 e. The molecule has 0 aromatic carbocycles. The van der Waals surface area contributed by atoms with E-state index in [0.717, 1.165) is 17.8 Å². The van der Waals surface area contributed by atoms with E-state index in [2.05, 4.69) is 20.8 Å². The van der Waals surface area contributed by atoms with Gasteiger partial charge in [-0.05, 0) is 31.6 Å². The average molecular weight is 317 g/mol. The van der Waals surface area contributed by atoms with Crippen molar-refractivity contribution < 1.29 is 10.2 Å². The lowest BCUT2D eigenvalue weighted by Crippen LogP contribution is -2.15. The van der Waals surface area contributed by atoms with E-state index in [1.54, 1.807) is 0 Å². The maximum atomic E-state index is 8.08. The van der Waals surface area contributed by atoms with Crippen LogP contribution in [0.5, 0.6) is 0 Å². The summed E-state index contributed by atoms with van der Waals surface area (Å²) in [6.07, 6.45) is 13.4. The van der Waals surface area contributed by atoms with Gasteiger partial charge in [0.2, 0.25) is 0 Å². The van der Waals surface area contributed by atoms with E-state index in [1.165, 1.54) is 71.6 Å². The van der Waals surface area contributed by atoms with Crippen molar-refractivity contribution in [3.8, 4) is 0 Å². The fourth-order valence-corrected chi connectivity index (χ4v) is 2.96. The van der Waals surface area contributed by atoms with Crippen LogP contribution in [0.1, 0.15) is 106 Å².